The Morgan fingerprint density at radius 3 is 2.55 bits per heavy atom. The number of rotatable bonds is 5. The number of carbonyl (C=O) groups is 2. The molecule has 0 aliphatic rings. The molecule has 116 valence electrons. The van der Waals surface area contributed by atoms with Crippen LogP contribution in [0.5, 0.6) is 0 Å². The van der Waals surface area contributed by atoms with Crippen molar-refractivity contribution in [1.82, 2.24) is 0 Å². The van der Waals surface area contributed by atoms with Crippen LogP contribution in [0.25, 0.3) is 11.1 Å². The molecular weight excluding hydrogens is 345 g/mol. The number of thiophene rings is 1. The fraction of sp³-hybridized carbons (Fsp3) is 0.200. The number of esters is 1. The molecule has 0 fully saturated rings. The number of nitrogens with one attached hydrogen (secondary N) is 1. The Kier molecular flexibility index (Phi) is 5.83. The highest BCUT2D eigenvalue weighted by molar-refractivity contribution is 7.15. The standard InChI is InChI=1S/C15H13Cl2NO3S/c1-21-15(20)13-11(9-2-4-10(17)5-3-9)8-22-14(13)18-12(19)6-7-16/h2-5,8H,6-7H2,1H3,(H,18,19). The molecule has 1 aromatic heterocycles. The lowest BCUT2D eigenvalue weighted by molar-refractivity contribution is -0.115. The molecule has 1 N–H and O–H groups in total. The SMILES string of the molecule is COC(=O)c1c(-c2ccc(Cl)cc2)csc1NC(=O)CCCl. The van der Waals surface area contributed by atoms with Crippen LogP contribution in [0.1, 0.15) is 16.8 Å². The molecule has 1 amide bonds. The molecule has 0 radical (unpaired) electrons. The predicted molar refractivity (Wildman–Crippen MR) is 90.1 cm³/mol. The fourth-order valence-electron chi connectivity index (χ4n) is 1.87. The molecule has 0 aliphatic carbocycles. The lowest BCUT2D eigenvalue weighted by Gasteiger charge is -2.07. The minimum Gasteiger partial charge on any atom is -0.465 e. The second-order valence-corrected chi connectivity index (χ2v) is 6.03. The quantitative estimate of drug-likeness (QED) is 0.636. The summed E-state index contributed by atoms with van der Waals surface area (Å²) in [5, 5.41) is 5.55. The Balaban J connectivity index is 2.42. The molecule has 0 spiro atoms. The van der Waals surface area contributed by atoms with Crippen LogP contribution < -0.4 is 5.32 Å². The third-order valence-electron chi connectivity index (χ3n) is 2.91. The Hall–Kier alpha value is -1.56. The van der Waals surface area contributed by atoms with Crippen molar-refractivity contribution in [2.75, 3.05) is 18.3 Å². The van der Waals surface area contributed by atoms with Crippen molar-refractivity contribution in [1.29, 1.82) is 0 Å². The predicted octanol–water partition coefficient (Wildman–Crippen LogP) is 4.42. The summed E-state index contributed by atoms with van der Waals surface area (Å²) in [5.74, 6) is -0.536. The van der Waals surface area contributed by atoms with Crippen molar-refractivity contribution in [2.45, 2.75) is 6.42 Å². The third kappa shape index (κ3) is 3.80. The van der Waals surface area contributed by atoms with Gasteiger partial charge in [-0.05, 0) is 17.7 Å². The summed E-state index contributed by atoms with van der Waals surface area (Å²) < 4.78 is 4.83. The largest absolute Gasteiger partial charge is 0.465 e. The second kappa shape index (κ2) is 7.63. The van der Waals surface area contributed by atoms with E-state index in [4.69, 9.17) is 27.9 Å². The first-order chi connectivity index (χ1) is 10.6. The van der Waals surface area contributed by atoms with Crippen LogP contribution in [0, 0.1) is 0 Å². The van der Waals surface area contributed by atoms with E-state index < -0.39 is 5.97 Å². The normalized spacial score (nSPS) is 10.3. The molecule has 22 heavy (non-hydrogen) atoms. The molecule has 1 heterocycles. The van der Waals surface area contributed by atoms with Gasteiger partial charge < -0.3 is 10.1 Å². The first kappa shape index (κ1) is 16.8. The van der Waals surface area contributed by atoms with Crippen molar-refractivity contribution in [3.8, 4) is 11.1 Å². The smallest absolute Gasteiger partial charge is 0.341 e. The molecule has 2 aromatic rings. The summed E-state index contributed by atoms with van der Waals surface area (Å²) in [6.07, 6.45) is 0.177. The number of halogens is 2. The number of anilines is 1. The van der Waals surface area contributed by atoms with Gasteiger partial charge in [0, 0.05) is 28.3 Å². The number of benzene rings is 1. The molecule has 4 nitrogen and oxygen atoms in total. The summed E-state index contributed by atoms with van der Waals surface area (Å²) in [6.45, 7) is 0. The molecule has 0 saturated carbocycles. The maximum atomic E-state index is 12.1. The highest BCUT2D eigenvalue weighted by Crippen LogP contribution is 2.36. The summed E-state index contributed by atoms with van der Waals surface area (Å²) in [7, 11) is 1.30. The fourth-order valence-corrected chi connectivity index (χ4v) is 3.14. The van der Waals surface area contributed by atoms with E-state index in [1.165, 1.54) is 18.4 Å². The van der Waals surface area contributed by atoms with Gasteiger partial charge in [0.1, 0.15) is 10.6 Å². The van der Waals surface area contributed by atoms with Crippen LogP contribution in [0.15, 0.2) is 29.6 Å². The molecule has 0 aliphatic heterocycles. The molecule has 0 saturated heterocycles. The van der Waals surface area contributed by atoms with E-state index in [0.29, 0.717) is 21.2 Å². The molecule has 0 unspecified atom stereocenters. The lowest BCUT2D eigenvalue weighted by atomic mass is 10.0. The molecule has 2 rings (SSSR count). The van der Waals surface area contributed by atoms with Crippen LogP contribution >= 0.6 is 34.5 Å². The summed E-state index contributed by atoms with van der Waals surface area (Å²) >= 11 is 12.7. The summed E-state index contributed by atoms with van der Waals surface area (Å²) in [4.78, 5) is 23.8. The molecule has 1 aromatic carbocycles. The number of hydrogen-bond donors (Lipinski definition) is 1. The van der Waals surface area contributed by atoms with Gasteiger partial charge in [0.2, 0.25) is 5.91 Å². The Morgan fingerprint density at radius 2 is 1.95 bits per heavy atom. The minimum absolute atomic E-state index is 0.177. The third-order valence-corrected chi connectivity index (χ3v) is 4.25. The minimum atomic E-state index is -0.507. The zero-order valence-electron chi connectivity index (χ0n) is 11.7. The number of ether oxygens (including phenoxy) is 1. The van der Waals surface area contributed by atoms with E-state index >= 15 is 0 Å². The Bertz CT molecular complexity index is 683. The van der Waals surface area contributed by atoms with Gasteiger partial charge in [-0.25, -0.2) is 4.79 Å². The van der Waals surface area contributed by atoms with E-state index in [1.54, 1.807) is 29.6 Å². The van der Waals surface area contributed by atoms with Gasteiger partial charge in [-0.2, -0.15) is 0 Å². The van der Waals surface area contributed by atoms with Crippen molar-refractivity contribution >= 4 is 51.4 Å². The number of methoxy groups -OCH3 is 1. The van der Waals surface area contributed by atoms with Crippen molar-refractivity contribution in [2.24, 2.45) is 0 Å². The van der Waals surface area contributed by atoms with Crippen molar-refractivity contribution < 1.29 is 14.3 Å². The zero-order chi connectivity index (χ0) is 16.1. The van der Waals surface area contributed by atoms with Gasteiger partial charge in [0.25, 0.3) is 0 Å². The van der Waals surface area contributed by atoms with E-state index in [9.17, 15) is 9.59 Å². The van der Waals surface area contributed by atoms with Crippen LogP contribution in [-0.4, -0.2) is 24.9 Å². The van der Waals surface area contributed by atoms with Crippen LogP contribution in [0.2, 0.25) is 5.02 Å². The number of alkyl halides is 1. The van der Waals surface area contributed by atoms with Gasteiger partial charge >= 0.3 is 5.97 Å². The van der Waals surface area contributed by atoms with Crippen LogP contribution in [0.4, 0.5) is 5.00 Å². The van der Waals surface area contributed by atoms with Gasteiger partial charge in [-0.1, -0.05) is 23.7 Å². The van der Waals surface area contributed by atoms with Gasteiger partial charge in [-0.3, -0.25) is 4.79 Å². The zero-order valence-corrected chi connectivity index (χ0v) is 14.0. The summed E-state index contributed by atoms with van der Waals surface area (Å²) in [5.41, 5.74) is 1.84. The van der Waals surface area contributed by atoms with Crippen molar-refractivity contribution in [3.63, 3.8) is 0 Å². The van der Waals surface area contributed by atoms with Gasteiger partial charge in [0.05, 0.1) is 7.11 Å². The van der Waals surface area contributed by atoms with E-state index in [2.05, 4.69) is 5.32 Å². The van der Waals surface area contributed by atoms with Crippen LogP contribution in [-0.2, 0) is 9.53 Å². The van der Waals surface area contributed by atoms with E-state index in [0.717, 1.165) is 5.56 Å². The van der Waals surface area contributed by atoms with E-state index in [-0.39, 0.29) is 18.2 Å². The van der Waals surface area contributed by atoms with E-state index in [1.807, 2.05) is 0 Å². The Labute approximate surface area is 142 Å². The second-order valence-electron chi connectivity index (χ2n) is 4.34. The highest BCUT2D eigenvalue weighted by atomic mass is 35.5. The average Bonchev–Trinajstić information content (AvgIpc) is 2.91. The number of hydrogen-bond acceptors (Lipinski definition) is 4. The molecule has 0 bridgehead atoms. The monoisotopic (exact) mass is 357 g/mol. The molecule has 0 atom stereocenters. The topological polar surface area (TPSA) is 55.4 Å². The highest BCUT2D eigenvalue weighted by Gasteiger charge is 2.22. The average molecular weight is 358 g/mol. The number of amides is 1. The maximum Gasteiger partial charge on any atom is 0.341 e. The van der Waals surface area contributed by atoms with Gasteiger partial charge in [0.15, 0.2) is 0 Å². The van der Waals surface area contributed by atoms with Gasteiger partial charge in [-0.15, -0.1) is 22.9 Å². The molecule has 7 heteroatoms. The molecular formula is C15H13Cl2NO3S. The first-order valence-corrected chi connectivity index (χ1v) is 8.17. The first-order valence-electron chi connectivity index (χ1n) is 6.38. The lowest BCUT2D eigenvalue weighted by Crippen LogP contribution is -2.14. The Morgan fingerprint density at radius 1 is 1.27 bits per heavy atom. The van der Waals surface area contributed by atoms with Crippen molar-refractivity contribution in [3.05, 3.63) is 40.2 Å². The maximum absolute atomic E-state index is 12.1. The van der Waals surface area contributed by atoms with Crippen LogP contribution in [0.3, 0.4) is 0 Å². The number of carbonyl (C=O) groups excluding carboxylic acids is 2. The summed E-state index contributed by atoms with van der Waals surface area (Å²) in [6, 6.07) is 7.09.